The molecule has 2 aliphatic heterocycles. The predicted molar refractivity (Wildman–Crippen MR) is 113 cm³/mol. The number of hydrogen-bond acceptors (Lipinski definition) is 6. The number of aryl methyl sites for hydroxylation is 2. The van der Waals surface area contributed by atoms with Crippen molar-refractivity contribution in [1.82, 2.24) is 19.6 Å². The molecule has 156 valence electrons. The minimum Gasteiger partial charge on any atom is -0.493 e. The smallest absolute Gasteiger partial charge is 0.170 e. The molecule has 0 spiro atoms. The van der Waals surface area contributed by atoms with Crippen molar-refractivity contribution in [2.75, 3.05) is 18.5 Å². The van der Waals surface area contributed by atoms with Gasteiger partial charge in [-0.3, -0.25) is 9.38 Å². The highest BCUT2D eigenvalue weighted by Gasteiger charge is 2.31. The minimum atomic E-state index is -0.246. The quantitative estimate of drug-likeness (QED) is 0.504. The predicted octanol–water partition coefficient (Wildman–Crippen LogP) is 4.03. The van der Waals surface area contributed by atoms with E-state index >= 15 is 0 Å². The Hall–Kier alpha value is -3.68. The summed E-state index contributed by atoms with van der Waals surface area (Å²) in [5.74, 6) is 1.82. The minimum absolute atomic E-state index is 0.0292. The van der Waals surface area contributed by atoms with Crippen LogP contribution in [0.5, 0.6) is 11.5 Å². The summed E-state index contributed by atoms with van der Waals surface area (Å²) in [6.45, 7) is 5.16. The molecule has 7 nitrogen and oxygen atoms in total. The zero-order chi connectivity index (χ0) is 21.1. The van der Waals surface area contributed by atoms with E-state index in [1.54, 1.807) is 12.4 Å². The number of aromatic nitrogens is 4. The molecule has 0 saturated carbocycles. The number of nitrogens with zero attached hydrogens (tertiary/aromatic N) is 4. The maximum absolute atomic E-state index is 14.7. The Morgan fingerprint density at radius 3 is 2.81 bits per heavy atom. The number of pyridine rings is 2. The second-order valence-corrected chi connectivity index (χ2v) is 8.05. The fourth-order valence-electron chi connectivity index (χ4n) is 4.50. The number of hydrogen-bond donors (Lipinski definition) is 1. The van der Waals surface area contributed by atoms with E-state index in [2.05, 4.69) is 20.5 Å². The van der Waals surface area contributed by atoms with Crippen molar-refractivity contribution in [2.24, 2.45) is 0 Å². The van der Waals surface area contributed by atoms with E-state index in [1.807, 2.05) is 36.6 Å². The Bertz CT molecular complexity index is 1350. The van der Waals surface area contributed by atoms with Crippen LogP contribution in [0.3, 0.4) is 0 Å². The van der Waals surface area contributed by atoms with Crippen molar-refractivity contribution in [3.8, 4) is 22.6 Å². The molecule has 0 saturated heterocycles. The van der Waals surface area contributed by atoms with Crippen LogP contribution in [0.2, 0.25) is 0 Å². The molecule has 6 rings (SSSR count). The van der Waals surface area contributed by atoms with Gasteiger partial charge in [-0.05, 0) is 49.2 Å². The number of anilines is 1. The van der Waals surface area contributed by atoms with Gasteiger partial charge in [0, 0.05) is 35.1 Å². The molecule has 1 atom stereocenters. The molecule has 4 aromatic rings. The molecule has 0 fully saturated rings. The van der Waals surface area contributed by atoms with E-state index in [1.165, 1.54) is 6.07 Å². The number of benzene rings is 1. The van der Waals surface area contributed by atoms with E-state index in [0.29, 0.717) is 42.5 Å². The third kappa shape index (κ3) is 2.74. The molecule has 0 unspecified atom stereocenters. The van der Waals surface area contributed by atoms with Crippen LogP contribution in [-0.4, -0.2) is 32.8 Å². The van der Waals surface area contributed by atoms with Gasteiger partial charge in [-0.1, -0.05) is 0 Å². The largest absolute Gasteiger partial charge is 0.493 e. The lowest BCUT2D eigenvalue weighted by atomic mass is 9.96. The first kappa shape index (κ1) is 18.1. The Morgan fingerprint density at radius 2 is 1.94 bits per heavy atom. The molecular formula is C23H20FN5O2. The maximum atomic E-state index is 14.7. The Morgan fingerprint density at radius 1 is 1.10 bits per heavy atom. The van der Waals surface area contributed by atoms with Crippen LogP contribution in [-0.2, 0) is 6.54 Å². The molecule has 31 heavy (non-hydrogen) atoms. The van der Waals surface area contributed by atoms with Gasteiger partial charge in [0.25, 0.3) is 0 Å². The van der Waals surface area contributed by atoms with E-state index < -0.39 is 0 Å². The molecule has 3 aromatic heterocycles. The van der Waals surface area contributed by atoms with Crippen molar-refractivity contribution in [1.29, 1.82) is 0 Å². The van der Waals surface area contributed by atoms with Crippen LogP contribution in [0.4, 0.5) is 10.2 Å². The van der Waals surface area contributed by atoms with E-state index in [9.17, 15) is 4.39 Å². The van der Waals surface area contributed by atoms with E-state index in [4.69, 9.17) is 9.47 Å². The molecule has 5 heterocycles. The highest BCUT2D eigenvalue weighted by Crippen LogP contribution is 2.42. The molecule has 0 radical (unpaired) electrons. The summed E-state index contributed by atoms with van der Waals surface area (Å²) in [5, 5.41) is 11.9. The van der Waals surface area contributed by atoms with Crippen molar-refractivity contribution in [3.05, 3.63) is 65.0 Å². The van der Waals surface area contributed by atoms with Crippen LogP contribution < -0.4 is 14.8 Å². The number of halogens is 1. The summed E-state index contributed by atoms with van der Waals surface area (Å²) in [6, 6.07) is 7.18. The Kier molecular flexibility index (Phi) is 3.89. The first-order valence-corrected chi connectivity index (χ1v) is 10.2. The van der Waals surface area contributed by atoms with Crippen LogP contribution >= 0.6 is 0 Å². The normalized spacial score (nSPS) is 16.9. The maximum Gasteiger partial charge on any atom is 0.170 e. The molecule has 0 aliphatic carbocycles. The molecule has 1 N–H and O–H groups in total. The molecule has 1 aromatic carbocycles. The van der Waals surface area contributed by atoms with Gasteiger partial charge in [0.05, 0.1) is 19.1 Å². The average molecular weight is 417 g/mol. The summed E-state index contributed by atoms with van der Waals surface area (Å²) in [4.78, 5) is 4.38. The monoisotopic (exact) mass is 417 g/mol. The second kappa shape index (κ2) is 6.66. The van der Waals surface area contributed by atoms with Gasteiger partial charge >= 0.3 is 0 Å². The van der Waals surface area contributed by atoms with Gasteiger partial charge < -0.3 is 14.8 Å². The van der Waals surface area contributed by atoms with Crippen LogP contribution in [0.25, 0.3) is 16.8 Å². The molecular weight excluding hydrogens is 397 g/mol. The van der Waals surface area contributed by atoms with Crippen molar-refractivity contribution in [3.63, 3.8) is 0 Å². The first-order chi connectivity index (χ1) is 15.1. The SMILES string of the molecule is Cc1cc(-c2cc3c(n4cnnc24)NCc2c(F)ccc4c2[C@H](CO4)CO3)c(C)cn1. The fraction of sp³-hybridized carbons (Fsp3) is 0.261. The number of ether oxygens (including phenoxy) is 2. The zero-order valence-electron chi connectivity index (χ0n) is 17.1. The fourth-order valence-corrected chi connectivity index (χ4v) is 4.50. The van der Waals surface area contributed by atoms with Gasteiger partial charge in [0.1, 0.15) is 17.9 Å². The van der Waals surface area contributed by atoms with Crippen molar-refractivity contribution in [2.45, 2.75) is 26.3 Å². The molecule has 2 aliphatic rings. The van der Waals surface area contributed by atoms with Gasteiger partial charge in [-0.2, -0.15) is 0 Å². The summed E-state index contributed by atoms with van der Waals surface area (Å²) in [7, 11) is 0. The standard InChI is InChI=1S/C23H20FN5O2/c1-12-7-25-13(2)5-15(12)16-6-20-23(29-11-27-28-22(16)29)26-8-17-18(24)3-4-19-21(17)14(9-30-19)10-31-20/h3-7,11,14,26H,8-10H2,1-2H3/t14-/m1/s1. The zero-order valence-corrected chi connectivity index (χ0v) is 17.1. The third-order valence-electron chi connectivity index (χ3n) is 6.05. The topological polar surface area (TPSA) is 73.6 Å². The lowest BCUT2D eigenvalue weighted by Crippen LogP contribution is -2.13. The number of fused-ring (bicyclic) bond motifs is 3. The Labute approximate surface area is 177 Å². The van der Waals surface area contributed by atoms with Crippen LogP contribution in [0.15, 0.2) is 36.8 Å². The molecule has 0 amide bonds. The highest BCUT2D eigenvalue weighted by molar-refractivity contribution is 5.83. The first-order valence-electron chi connectivity index (χ1n) is 10.2. The summed E-state index contributed by atoms with van der Waals surface area (Å²) >= 11 is 0. The Balaban J connectivity index is 1.54. The van der Waals surface area contributed by atoms with E-state index in [0.717, 1.165) is 33.7 Å². The number of nitrogens with one attached hydrogen (secondary N) is 1. The van der Waals surface area contributed by atoms with Gasteiger partial charge in [0.15, 0.2) is 17.2 Å². The summed E-state index contributed by atoms with van der Waals surface area (Å²) in [6.07, 6.45) is 3.50. The van der Waals surface area contributed by atoms with Gasteiger partial charge in [0.2, 0.25) is 0 Å². The molecule has 0 bridgehead atoms. The van der Waals surface area contributed by atoms with Gasteiger partial charge in [-0.25, -0.2) is 4.39 Å². The lowest BCUT2D eigenvalue weighted by Gasteiger charge is -2.17. The van der Waals surface area contributed by atoms with Crippen LogP contribution in [0, 0.1) is 19.7 Å². The molecule has 8 heteroatoms. The number of rotatable bonds is 1. The third-order valence-corrected chi connectivity index (χ3v) is 6.05. The summed E-state index contributed by atoms with van der Waals surface area (Å²) in [5.41, 5.74) is 6.09. The van der Waals surface area contributed by atoms with Crippen LogP contribution in [0.1, 0.15) is 28.3 Å². The van der Waals surface area contributed by atoms with Crippen molar-refractivity contribution < 1.29 is 13.9 Å². The van der Waals surface area contributed by atoms with Crippen molar-refractivity contribution >= 4 is 11.5 Å². The second-order valence-electron chi connectivity index (χ2n) is 8.05. The average Bonchev–Trinajstić information content (AvgIpc) is 3.41. The van der Waals surface area contributed by atoms with E-state index in [-0.39, 0.29) is 11.7 Å². The summed E-state index contributed by atoms with van der Waals surface area (Å²) < 4.78 is 28.7. The highest BCUT2D eigenvalue weighted by atomic mass is 19.1. The van der Waals surface area contributed by atoms with Gasteiger partial charge in [-0.15, -0.1) is 10.2 Å². The lowest BCUT2D eigenvalue weighted by molar-refractivity contribution is 0.249.